The molecule has 0 aliphatic carbocycles. The molecular weight excluding hydrogens is 268 g/mol. The number of imidazole rings is 1. The molecule has 0 aliphatic rings. The summed E-state index contributed by atoms with van der Waals surface area (Å²) in [5.74, 6) is 0.854. The number of pyridine rings is 1. The van der Waals surface area contributed by atoms with Crippen LogP contribution in [0.15, 0.2) is 36.1 Å². The topological polar surface area (TPSA) is 42.7 Å². The van der Waals surface area contributed by atoms with Crippen LogP contribution in [-0.4, -0.2) is 21.1 Å². The number of rotatable bonds is 4. The number of aromatic nitrogens is 3. The van der Waals surface area contributed by atoms with Gasteiger partial charge in [0, 0.05) is 30.1 Å². The number of nitrogens with one attached hydrogen (secondary N) is 1. The average Bonchev–Trinajstić information content (AvgIpc) is 3.07. The summed E-state index contributed by atoms with van der Waals surface area (Å²) in [6.07, 6.45) is 3.65. The minimum atomic E-state index is 0.0762. The summed E-state index contributed by atoms with van der Waals surface area (Å²) in [5, 5.41) is 5.57. The van der Waals surface area contributed by atoms with Crippen LogP contribution in [0.4, 0.5) is 5.82 Å². The minimum absolute atomic E-state index is 0.0762. The van der Waals surface area contributed by atoms with Crippen LogP contribution in [0.2, 0.25) is 0 Å². The Bertz CT molecular complexity index is 713. The molecule has 0 aromatic carbocycles. The van der Waals surface area contributed by atoms with Gasteiger partial charge < -0.3 is 9.88 Å². The third kappa shape index (κ3) is 2.29. The number of nitrogens with zero attached hydrogens (tertiary/aromatic N) is 3. The summed E-state index contributed by atoms with van der Waals surface area (Å²) in [6.45, 7) is 5.31. The predicted molar refractivity (Wildman–Crippen MR) is 84.3 cm³/mol. The van der Waals surface area contributed by atoms with E-state index >= 15 is 0 Å². The van der Waals surface area contributed by atoms with Gasteiger partial charge in [-0.1, -0.05) is 19.9 Å². The van der Waals surface area contributed by atoms with Crippen molar-refractivity contribution in [2.45, 2.75) is 19.3 Å². The molecule has 0 unspecified atom stereocenters. The van der Waals surface area contributed by atoms with Crippen molar-refractivity contribution >= 4 is 28.2 Å². The van der Waals surface area contributed by atoms with Crippen LogP contribution in [0.25, 0.3) is 11.0 Å². The van der Waals surface area contributed by atoms with Gasteiger partial charge in [0.2, 0.25) is 0 Å². The van der Waals surface area contributed by atoms with E-state index in [-0.39, 0.29) is 5.41 Å². The number of thiophene rings is 1. The Hall–Kier alpha value is -1.88. The maximum atomic E-state index is 4.42. The third-order valence-corrected chi connectivity index (χ3v) is 4.76. The van der Waals surface area contributed by atoms with Crippen molar-refractivity contribution in [3.8, 4) is 0 Å². The Morgan fingerprint density at radius 1 is 1.30 bits per heavy atom. The van der Waals surface area contributed by atoms with Crippen LogP contribution >= 0.6 is 11.3 Å². The zero-order valence-electron chi connectivity index (χ0n) is 11.9. The minimum Gasteiger partial charge on any atom is -0.367 e. The van der Waals surface area contributed by atoms with E-state index in [1.165, 1.54) is 4.88 Å². The van der Waals surface area contributed by atoms with Crippen LogP contribution in [0.5, 0.6) is 0 Å². The van der Waals surface area contributed by atoms with Gasteiger partial charge in [0.25, 0.3) is 0 Å². The molecule has 0 saturated heterocycles. The van der Waals surface area contributed by atoms with Gasteiger partial charge >= 0.3 is 0 Å². The molecule has 0 atom stereocenters. The summed E-state index contributed by atoms with van der Waals surface area (Å²) >= 11 is 1.79. The lowest BCUT2D eigenvalue weighted by Gasteiger charge is -2.24. The van der Waals surface area contributed by atoms with Gasteiger partial charge in [0.1, 0.15) is 5.52 Å². The summed E-state index contributed by atoms with van der Waals surface area (Å²) in [6, 6.07) is 6.26. The zero-order chi connectivity index (χ0) is 14.2. The van der Waals surface area contributed by atoms with E-state index in [1.807, 2.05) is 30.2 Å². The van der Waals surface area contributed by atoms with Crippen molar-refractivity contribution in [1.82, 2.24) is 14.5 Å². The van der Waals surface area contributed by atoms with Crippen LogP contribution < -0.4 is 5.32 Å². The largest absolute Gasteiger partial charge is 0.367 e. The SMILES string of the molecule is Cn1cnc2c(NCC(C)(C)c3cccs3)nccc21. The summed E-state index contributed by atoms with van der Waals surface area (Å²) in [7, 11) is 1.99. The molecule has 0 amide bonds. The standard InChI is InChI=1S/C15H18N4S/c1-15(2,12-5-4-8-20-12)9-17-14-13-11(6-7-16-14)19(3)10-18-13/h4-8,10H,9H2,1-3H3,(H,16,17). The van der Waals surface area contributed by atoms with Crippen LogP contribution in [0, 0.1) is 0 Å². The summed E-state index contributed by atoms with van der Waals surface area (Å²) < 4.78 is 2.01. The van der Waals surface area contributed by atoms with Crippen molar-refractivity contribution in [3.05, 3.63) is 41.0 Å². The molecule has 1 N–H and O–H groups in total. The van der Waals surface area contributed by atoms with Gasteiger partial charge in [0.15, 0.2) is 5.82 Å². The van der Waals surface area contributed by atoms with E-state index in [4.69, 9.17) is 0 Å². The van der Waals surface area contributed by atoms with Crippen molar-refractivity contribution in [1.29, 1.82) is 0 Å². The molecule has 0 bridgehead atoms. The van der Waals surface area contributed by atoms with Gasteiger partial charge in [0.05, 0.1) is 11.8 Å². The summed E-state index contributed by atoms with van der Waals surface area (Å²) in [5.41, 5.74) is 2.10. The van der Waals surface area contributed by atoms with Gasteiger partial charge in [-0.05, 0) is 17.5 Å². The molecule has 0 fully saturated rings. The molecule has 20 heavy (non-hydrogen) atoms. The molecule has 3 aromatic rings. The molecule has 0 saturated carbocycles. The molecule has 4 nitrogen and oxygen atoms in total. The fourth-order valence-electron chi connectivity index (χ4n) is 2.25. The van der Waals surface area contributed by atoms with Crippen molar-refractivity contribution < 1.29 is 0 Å². The van der Waals surface area contributed by atoms with Crippen molar-refractivity contribution in [3.63, 3.8) is 0 Å². The smallest absolute Gasteiger partial charge is 0.154 e. The number of hydrogen-bond donors (Lipinski definition) is 1. The number of fused-ring (bicyclic) bond motifs is 1. The van der Waals surface area contributed by atoms with E-state index in [0.717, 1.165) is 23.4 Å². The first kappa shape index (κ1) is 13.1. The van der Waals surface area contributed by atoms with Crippen LogP contribution in [0.1, 0.15) is 18.7 Å². The number of aryl methyl sites for hydroxylation is 1. The summed E-state index contributed by atoms with van der Waals surface area (Å²) in [4.78, 5) is 10.2. The maximum Gasteiger partial charge on any atom is 0.154 e. The van der Waals surface area contributed by atoms with Crippen LogP contribution in [-0.2, 0) is 12.5 Å². The Labute approximate surface area is 122 Å². The van der Waals surface area contributed by atoms with Crippen molar-refractivity contribution in [2.24, 2.45) is 7.05 Å². The second kappa shape index (κ2) is 4.90. The quantitative estimate of drug-likeness (QED) is 0.799. The van der Waals surface area contributed by atoms with Gasteiger partial charge in [-0.25, -0.2) is 9.97 Å². The lowest BCUT2D eigenvalue weighted by atomic mass is 9.91. The first-order chi connectivity index (χ1) is 9.58. The molecule has 104 valence electrons. The van der Waals surface area contributed by atoms with E-state index in [2.05, 4.69) is 46.6 Å². The fourth-order valence-corrected chi connectivity index (χ4v) is 3.10. The van der Waals surface area contributed by atoms with E-state index < -0.39 is 0 Å². The Kier molecular flexibility index (Phi) is 3.22. The van der Waals surface area contributed by atoms with E-state index in [0.29, 0.717) is 0 Å². The third-order valence-electron chi connectivity index (χ3n) is 3.53. The molecule has 0 spiro atoms. The zero-order valence-corrected chi connectivity index (χ0v) is 12.7. The second-order valence-electron chi connectivity index (χ2n) is 5.60. The highest BCUT2D eigenvalue weighted by atomic mass is 32.1. The predicted octanol–water partition coefficient (Wildman–Crippen LogP) is 3.42. The lowest BCUT2D eigenvalue weighted by molar-refractivity contribution is 0.568. The second-order valence-corrected chi connectivity index (χ2v) is 6.55. The molecule has 3 aromatic heterocycles. The van der Waals surface area contributed by atoms with Crippen molar-refractivity contribution in [2.75, 3.05) is 11.9 Å². The highest BCUT2D eigenvalue weighted by Crippen LogP contribution is 2.28. The highest BCUT2D eigenvalue weighted by Gasteiger charge is 2.22. The first-order valence-corrected chi connectivity index (χ1v) is 7.50. The molecular formula is C15H18N4S. The Balaban J connectivity index is 1.84. The normalized spacial score (nSPS) is 11.9. The molecule has 0 radical (unpaired) electrons. The highest BCUT2D eigenvalue weighted by molar-refractivity contribution is 7.10. The molecule has 0 aliphatic heterocycles. The molecule has 3 heterocycles. The van der Waals surface area contributed by atoms with Gasteiger partial charge in [-0.3, -0.25) is 0 Å². The Morgan fingerprint density at radius 3 is 2.90 bits per heavy atom. The maximum absolute atomic E-state index is 4.42. The number of hydrogen-bond acceptors (Lipinski definition) is 4. The first-order valence-electron chi connectivity index (χ1n) is 6.62. The molecule has 5 heteroatoms. The average molecular weight is 286 g/mol. The van der Waals surface area contributed by atoms with Gasteiger partial charge in [-0.15, -0.1) is 11.3 Å². The Morgan fingerprint density at radius 2 is 2.15 bits per heavy atom. The van der Waals surface area contributed by atoms with Gasteiger partial charge in [-0.2, -0.15) is 0 Å². The monoisotopic (exact) mass is 286 g/mol. The fraction of sp³-hybridized carbons (Fsp3) is 0.333. The van der Waals surface area contributed by atoms with Crippen LogP contribution in [0.3, 0.4) is 0 Å². The lowest BCUT2D eigenvalue weighted by Crippen LogP contribution is -2.26. The molecule has 3 rings (SSSR count). The van der Waals surface area contributed by atoms with E-state index in [9.17, 15) is 0 Å². The van der Waals surface area contributed by atoms with E-state index in [1.54, 1.807) is 11.3 Å². The number of anilines is 1.